The van der Waals surface area contributed by atoms with Gasteiger partial charge in [0.25, 0.3) is 5.69 Å². The molecule has 0 radical (unpaired) electrons. The molecule has 20 heavy (non-hydrogen) atoms. The molecule has 0 aliphatic heterocycles. The molecule has 0 saturated carbocycles. The zero-order chi connectivity index (χ0) is 15.1. The highest BCUT2D eigenvalue weighted by molar-refractivity contribution is 6.39. The van der Waals surface area contributed by atoms with Crippen molar-refractivity contribution in [1.29, 1.82) is 0 Å². The van der Waals surface area contributed by atoms with Crippen molar-refractivity contribution in [3.05, 3.63) is 34.4 Å². The lowest BCUT2D eigenvalue weighted by atomic mass is 10.2. The van der Waals surface area contributed by atoms with Crippen LogP contribution in [0.5, 0.6) is 0 Å². The molecule has 106 valence electrons. The average molecular weight is 280 g/mol. The van der Waals surface area contributed by atoms with Crippen molar-refractivity contribution < 1.29 is 24.0 Å². The zero-order valence-electron chi connectivity index (χ0n) is 10.9. The normalized spacial score (nSPS) is 10.8. The van der Waals surface area contributed by atoms with Crippen LogP contribution in [-0.4, -0.2) is 36.8 Å². The molecule has 0 aliphatic carbocycles. The van der Waals surface area contributed by atoms with Crippen LogP contribution in [0.25, 0.3) is 0 Å². The van der Waals surface area contributed by atoms with Crippen molar-refractivity contribution in [3.63, 3.8) is 0 Å². The Balaban J connectivity index is 3.02. The summed E-state index contributed by atoms with van der Waals surface area (Å²) in [5, 5.41) is 10.5. The Bertz CT molecular complexity index is 550. The van der Waals surface area contributed by atoms with Gasteiger partial charge in [0.2, 0.25) is 0 Å². The van der Waals surface area contributed by atoms with Crippen molar-refractivity contribution in [2.24, 2.45) is 4.99 Å². The first kappa shape index (κ1) is 15.3. The van der Waals surface area contributed by atoms with E-state index in [2.05, 4.69) is 14.5 Å². The lowest BCUT2D eigenvalue weighted by Crippen LogP contribution is -2.20. The van der Waals surface area contributed by atoms with E-state index in [0.29, 0.717) is 5.69 Å². The summed E-state index contributed by atoms with van der Waals surface area (Å²) in [5.41, 5.74) is 0.0460. The van der Waals surface area contributed by atoms with Gasteiger partial charge in [-0.2, -0.15) is 0 Å². The lowest BCUT2D eigenvalue weighted by Gasteiger charge is -2.03. The van der Waals surface area contributed by atoms with Gasteiger partial charge in [-0.15, -0.1) is 0 Å². The van der Waals surface area contributed by atoms with Crippen LogP contribution in [-0.2, 0) is 19.1 Å². The standard InChI is InChI=1S/C12H12N2O6/c1-19-11(15)7-10(12(16)20-2)13-8-3-5-9(6-4-8)14(17)18/h3-6H,7H2,1-2H3. The third-order valence-electron chi connectivity index (χ3n) is 2.29. The summed E-state index contributed by atoms with van der Waals surface area (Å²) < 4.78 is 8.95. The van der Waals surface area contributed by atoms with E-state index in [1.54, 1.807) is 0 Å². The number of carbonyl (C=O) groups excluding carboxylic acids is 2. The molecule has 8 heteroatoms. The van der Waals surface area contributed by atoms with Crippen LogP contribution in [0, 0.1) is 10.1 Å². The molecule has 0 bridgehead atoms. The molecular formula is C12H12N2O6. The van der Waals surface area contributed by atoms with Gasteiger partial charge in [0.1, 0.15) is 5.71 Å². The van der Waals surface area contributed by atoms with Gasteiger partial charge < -0.3 is 9.47 Å². The molecule has 0 N–H and O–H groups in total. The van der Waals surface area contributed by atoms with E-state index in [1.165, 1.54) is 31.4 Å². The fourth-order valence-electron chi connectivity index (χ4n) is 1.29. The van der Waals surface area contributed by atoms with Crippen LogP contribution < -0.4 is 0 Å². The third-order valence-corrected chi connectivity index (χ3v) is 2.29. The number of esters is 2. The highest BCUT2D eigenvalue weighted by Crippen LogP contribution is 2.18. The van der Waals surface area contributed by atoms with Crippen LogP contribution in [0.2, 0.25) is 0 Å². The lowest BCUT2D eigenvalue weighted by molar-refractivity contribution is -0.384. The predicted molar refractivity (Wildman–Crippen MR) is 68.8 cm³/mol. The van der Waals surface area contributed by atoms with Crippen LogP contribution >= 0.6 is 0 Å². The van der Waals surface area contributed by atoms with Crippen LogP contribution in [0.3, 0.4) is 0 Å². The molecule has 0 aliphatic rings. The molecular weight excluding hydrogens is 268 g/mol. The topological polar surface area (TPSA) is 108 Å². The summed E-state index contributed by atoms with van der Waals surface area (Å²) >= 11 is 0. The fourth-order valence-corrected chi connectivity index (χ4v) is 1.29. The largest absolute Gasteiger partial charge is 0.469 e. The smallest absolute Gasteiger partial charge is 0.353 e. The van der Waals surface area contributed by atoms with Crippen molar-refractivity contribution in [2.75, 3.05) is 14.2 Å². The second-order valence-corrected chi connectivity index (χ2v) is 3.58. The highest BCUT2D eigenvalue weighted by atomic mass is 16.6. The second-order valence-electron chi connectivity index (χ2n) is 3.58. The minimum absolute atomic E-state index is 0.100. The summed E-state index contributed by atoms with van der Waals surface area (Å²) in [6.45, 7) is 0. The summed E-state index contributed by atoms with van der Waals surface area (Å²) in [4.78, 5) is 36.5. The van der Waals surface area contributed by atoms with Crippen molar-refractivity contribution in [3.8, 4) is 0 Å². The number of rotatable bonds is 5. The Labute approximate surface area is 114 Å². The Morgan fingerprint density at radius 2 is 1.80 bits per heavy atom. The van der Waals surface area contributed by atoms with Gasteiger partial charge in [0.05, 0.1) is 31.3 Å². The zero-order valence-corrected chi connectivity index (χ0v) is 10.9. The monoisotopic (exact) mass is 280 g/mol. The van der Waals surface area contributed by atoms with Crippen molar-refractivity contribution >= 4 is 29.0 Å². The van der Waals surface area contributed by atoms with Crippen LogP contribution in [0.4, 0.5) is 11.4 Å². The average Bonchev–Trinajstić information content (AvgIpc) is 2.46. The molecule has 1 aromatic carbocycles. The third kappa shape index (κ3) is 4.16. The van der Waals surface area contributed by atoms with Gasteiger partial charge in [-0.25, -0.2) is 9.79 Å². The molecule has 1 aromatic rings. The maximum Gasteiger partial charge on any atom is 0.353 e. The summed E-state index contributed by atoms with van der Waals surface area (Å²) in [5.74, 6) is -1.41. The maximum absolute atomic E-state index is 11.5. The Morgan fingerprint density at radius 3 is 2.25 bits per heavy atom. The summed E-state index contributed by atoms with van der Waals surface area (Å²) in [7, 11) is 2.34. The molecule has 8 nitrogen and oxygen atoms in total. The van der Waals surface area contributed by atoms with Gasteiger partial charge in [-0.3, -0.25) is 14.9 Å². The van der Waals surface area contributed by atoms with E-state index < -0.39 is 16.9 Å². The number of ether oxygens (including phenoxy) is 2. The first-order chi connectivity index (χ1) is 9.47. The molecule has 0 heterocycles. The summed E-state index contributed by atoms with van der Waals surface area (Å²) in [6, 6.07) is 5.20. The van der Waals surface area contributed by atoms with E-state index in [4.69, 9.17) is 0 Å². The number of non-ortho nitro benzene ring substituents is 1. The minimum Gasteiger partial charge on any atom is -0.469 e. The van der Waals surface area contributed by atoms with Gasteiger partial charge in [0.15, 0.2) is 0 Å². The molecule has 0 atom stereocenters. The number of methoxy groups -OCH3 is 2. The van der Waals surface area contributed by atoms with Crippen molar-refractivity contribution in [2.45, 2.75) is 6.42 Å². The van der Waals surface area contributed by atoms with E-state index in [0.717, 1.165) is 7.11 Å². The maximum atomic E-state index is 11.5. The predicted octanol–water partition coefficient (Wildman–Crippen LogP) is 1.40. The second kappa shape index (κ2) is 6.98. The van der Waals surface area contributed by atoms with Gasteiger partial charge in [-0.05, 0) is 12.1 Å². The SMILES string of the molecule is COC(=O)CC(=Nc1ccc([N+](=O)[O-])cc1)C(=O)OC. The van der Waals surface area contributed by atoms with Crippen LogP contribution in [0.1, 0.15) is 6.42 Å². The Kier molecular flexibility index (Phi) is 5.33. The number of nitro groups is 1. The van der Waals surface area contributed by atoms with E-state index in [1.807, 2.05) is 0 Å². The molecule has 1 rings (SSSR count). The van der Waals surface area contributed by atoms with Gasteiger partial charge >= 0.3 is 11.9 Å². The molecule has 0 aromatic heterocycles. The van der Waals surface area contributed by atoms with Crippen molar-refractivity contribution in [1.82, 2.24) is 0 Å². The number of benzene rings is 1. The van der Waals surface area contributed by atoms with E-state index >= 15 is 0 Å². The first-order valence-electron chi connectivity index (χ1n) is 5.45. The number of hydrogen-bond donors (Lipinski definition) is 0. The first-order valence-corrected chi connectivity index (χ1v) is 5.45. The number of aliphatic imine (C=N–C) groups is 1. The number of nitrogens with zero attached hydrogens (tertiary/aromatic N) is 2. The Hall–Kier alpha value is -2.77. The molecule has 0 saturated heterocycles. The Morgan fingerprint density at radius 1 is 1.20 bits per heavy atom. The highest BCUT2D eigenvalue weighted by Gasteiger charge is 2.17. The minimum atomic E-state index is -0.770. The molecule has 0 unspecified atom stereocenters. The summed E-state index contributed by atoms with van der Waals surface area (Å²) in [6.07, 6.45) is -0.347. The number of nitro benzene ring substituents is 1. The van der Waals surface area contributed by atoms with Gasteiger partial charge in [0, 0.05) is 12.1 Å². The fraction of sp³-hybridized carbons (Fsp3) is 0.250. The number of hydrogen-bond acceptors (Lipinski definition) is 7. The molecule has 0 fully saturated rings. The van der Waals surface area contributed by atoms with Gasteiger partial charge in [-0.1, -0.05) is 0 Å². The van der Waals surface area contributed by atoms with E-state index in [-0.39, 0.29) is 17.8 Å². The van der Waals surface area contributed by atoms with E-state index in [9.17, 15) is 19.7 Å². The quantitative estimate of drug-likeness (QED) is 0.349. The molecule has 0 amide bonds. The number of carbonyl (C=O) groups is 2. The molecule has 0 spiro atoms. The van der Waals surface area contributed by atoms with Crippen LogP contribution in [0.15, 0.2) is 29.3 Å².